The van der Waals surface area contributed by atoms with Crippen LogP contribution in [0.4, 0.5) is 4.39 Å². The smallest absolute Gasteiger partial charge is 0.283 e. The van der Waals surface area contributed by atoms with E-state index in [4.69, 9.17) is 1.37 Å². The van der Waals surface area contributed by atoms with E-state index in [1.807, 2.05) is 0 Å². The Bertz CT molecular complexity index is 466. The van der Waals surface area contributed by atoms with E-state index in [9.17, 15) is 14.4 Å². The SMILES string of the molecule is [2H]c1c(CF)cc(C2CCCCC2)n(O)c1=O. The van der Waals surface area contributed by atoms with E-state index in [1.54, 1.807) is 0 Å². The van der Waals surface area contributed by atoms with Crippen molar-refractivity contribution in [3.63, 3.8) is 0 Å². The summed E-state index contributed by atoms with van der Waals surface area (Å²) in [6.45, 7) is -0.839. The molecule has 0 aromatic carbocycles. The first-order valence-electron chi connectivity index (χ1n) is 6.15. The topological polar surface area (TPSA) is 42.2 Å². The van der Waals surface area contributed by atoms with Crippen molar-refractivity contribution >= 4 is 0 Å². The molecule has 1 aliphatic carbocycles. The fraction of sp³-hybridized carbons (Fsp3) is 0.583. The largest absolute Gasteiger partial charge is 0.425 e. The standard InChI is InChI=1S/C12H16FNO2/c13-8-9-6-11(14(16)12(15)7-9)10-4-2-1-3-5-10/h6-7,10,16H,1-5,8H2/i7D. The maximum absolute atomic E-state index is 12.7. The van der Waals surface area contributed by atoms with Gasteiger partial charge in [-0.1, -0.05) is 19.3 Å². The zero-order valence-corrected chi connectivity index (χ0v) is 9.08. The van der Waals surface area contributed by atoms with E-state index in [0.717, 1.165) is 25.7 Å². The Morgan fingerprint density at radius 2 is 2.19 bits per heavy atom. The molecule has 3 nitrogen and oxygen atoms in total. The summed E-state index contributed by atoms with van der Waals surface area (Å²) < 4.78 is 20.6. The summed E-state index contributed by atoms with van der Waals surface area (Å²) in [6, 6.07) is 1.01. The van der Waals surface area contributed by atoms with Gasteiger partial charge in [0.15, 0.2) is 0 Å². The summed E-state index contributed by atoms with van der Waals surface area (Å²) in [5.41, 5.74) is -0.292. The molecular weight excluding hydrogens is 209 g/mol. The molecule has 1 fully saturated rings. The Labute approximate surface area is 94.9 Å². The molecule has 88 valence electrons. The minimum atomic E-state index is -0.839. The van der Waals surface area contributed by atoms with Crippen molar-refractivity contribution in [2.45, 2.75) is 44.7 Å². The average Bonchev–Trinajstić information content (AvgIpc) is 2.37. The molecule has 1 heterocycles. The van der Waals surface area contributed by atoms with Crippen LogP contribution in [0.25, 0.3) is 0 Å². The fourth-order valence-corrected chi connectivity index (χ4v) is 2.34. The first-order chi connectivity index (χ1) is 8.15. The maximum atomic E-state index is 12.7. The number of rotatable bonds is 2. The van der Waals surface area contributed by atoms with Gasteiger partial charge in [0, 0.05) is 12.0 Å². The van der Waals surface area contributed by atoms with E-state index in [-0.39, 0.29) is 11.5 Å². The summed E-state index contributed by atoms with van der Waals surface area (Å²) in [4.78, 5) is 11.6. The number of hydrogen-bond acceptors (Lipinski definition) is 2. The molecule has 0 saturated heterocycles. The highest BCUT2D eigenvalue weighted by Crippen LogP contribution is 2.32. The third-order valence-electron chi connectivity index (χ3n) is 3.19. The van der Waals surface area contributed by atoms with Crippen molar-refractivity contribution < 1.29 is 11.0 Å². The summed E-state index contributed by atoms with van der Waals surface area (Å²) in [5, 5.41) is 9.71. The van der Waals surface area contributed by atoms with Crippen molar-refractivity contribution in [2.24, 2.45) is 0 Å². The normalized spacial score (nSPS) is 18.4. The number of aromatic nitrogens is 1. The number of alkyl halides is 1. The van der Waals surface area contributed by atoms with Crippen LogP contribution in [0.5, 0.6) is 0 Å². The Kier molecular flexibility index (Phi) is 2.89. The van der Waals surface area contributed by atoms with Crippen molar-refractivity contribution in [3.8, 4) is 0 Å². The van der Waals surface area contributed by atoms with Gasteiger partial charge in [-0.25, -0.2) is 4.39 Å². The van der Waals surface area contributed by atoms with Crippen LogP contribution in [0, 0.1) is 0 Å². The summed E-state index contributed by atoms with van der Waals surface area (Å²) in [6.07, 6.45) is 5.10. The minimum Gasteiger partial charge on any atom is -0.425 e. The molecule has 0 atom stereocenters. The second-order valence-electron chi connectivity index (χ2n) is 4.30. The lowest BCUT2D eigenvalue weighted by Gasteiger charge is -2.23. The Balaban J connectivity index is 2.45. The van der Waals surface area contributed by atoms with Gasteiger partial charge in [-0.15, -0.1) is 0 Å². The molecule has 1 aliphatic rings. The molecule has 0 amide bonds. The van der Waals surface area contributed by atoms with Crippen LogP contribution in [0.1, 0.15) is 50.7 Å². The summed E-state index contributed by atoms with van der Waals surface area (Å²) in [5.74, 6) is 0.104. The van der Waals surface area contributed by atoms with Crippen LogP contribution >= 0.6 is 0 Å². The number of pyridine rings is 1. The lowest BCUT2D eigenvalue weighted by Crippen LogP contribution is -2.24. The molecule has 16 heavy (non-hydrogen) atoms. The van der Waals surface area contributed by atoms with Gasteiger partial charge in [0.25, 0.3) is 5.56 Å². The van der Waals surface area contributed by atoms with Crippen LogP contribution < -0.4 is 5.56 Å². The van der Waals surface area contributed by atoms with Crippen molar-refractivity contribution in [1.82, 2.24) is 4.73 Å². The second kappa shape index (κ2) is 4.68. The zero-order valence-electron chi connectivity index (χ0n) is 10.1. The van der Waals surface area contributed by atoms with Gasteiger partial charge >= 0.3 is 0 Å². The van der Waals surface area contributed by atoms with E-state index in [1.165, 1.54) is 12.5 Å². The number of nitrogens with zero attached hydrogens (tertiary/aromatic N) is 1. The number of halogens is 1. The van der Waals surface area contributed by atoms with Gasteiger partial charge in [0.2, 0.25) is 0 Å². The van der Waals surface area contributed by atoms with Crippen LogP contribution in [0.2, 0.25) is 0 Å². The van der Waals surface area contributed by atoms with E-state index < -0.39 is 18.3 Å². The van der Waals surface area contributed by atoms with Crippen LogP contribution in [0.15, 0.2) is 16.9 Å². The third kappa shape index (κ3) is 2.10. The molecule has 0 aliphatic heterocycles. The molecule has 2 rings (SSSR count). The molecule has 1 aromatic rings. The molecule has 0 spiro atoms. The van der Waals surface area contributed by atoms with Crippen LogP contribution in [-0.2, 0) is 6.67 Å². The monoisotopic (exact) mass is 226 g/mol. The Morgan fingerprint density at radius 3 is 2.81 bits per heavy atom. The Hall–Kier alpha value is -1.32. The zero-order chi connectivity index (χ0) is 12.4. The second-order valence-corrected chi connectivity index (χ2v) is 4.30. The minimum absolute atomic E-state index is 0.0703. The van der Waals surface area contributed by atoms with E-state index in [0.29, 0.717) is 10.4 Å². The average molecular weight is 226 g/mol. The molecule has 4 heteroatoms. The van der Waals surface area contributed by atoms with Gasteiger partial charge in [-0.05, 0) is 24.5 Å². The quantitative estimate of drug-likeness (QED) is 0.787. The molecular formula is C12H16FNO2. The fourth-order valence-electron chi connectivity index (χ4n) is 2.34. The van der Waals surface area contributed by atoms with Gasteiger partial charge < -0.3 is 5.21 Å². The van der Waals surface area contributed by atoms with Gasteiger partial charge in [-0.3, -0.25) is 4.79 Å². The first-order valence-corrected chi connectivity index (χ1v) is 5.65. The molecule has 1 N–H and O–H groups in total. The van der Waals surface area contributed by atoms with Crippen LogP contribution in [0.3, 0.4) is 0 Å². The molecule has 1 aromatic heterocycles. The molecule has 0 radical (unpaired) electrons. The highest BCUT2D eigenvalue weighted by atomic mass is 19.1. The predicted molar refractivity (Wildman–Crippen MR) is 58.5 cm³/mol. The summed E-state index contributed by atoms with van der Waals surface area (Å²) in [7, 11) is 0. The first kappa shape index (κ1) is 9.87. The van der Waals surface area contributed by atoms with E-state index >= 15 is 0 Å². The lowest BCUT2D eigenvalue weighted by atomic mass is 9.86. The van der Waals surface area contributed by atoms with Crippen LogP contribution in [-0.4, -0.2) is 9.94 Å². The highest BCUT2D eigenvalue weighted by Gasteiger charge is 2.20. The summed E-state index contributed by atoms with van der Waals surface area (Å²) >= 11 is 0. The molecule has 0 bridgehead atoms. The van der Waals surface area contributed by atoms with Crippen molar-refractivity contribution in [2.75, 3.05) is 0 Å². The van der Waals surface area contributed by atoms with E-state index in [2.05, 4.69) is 0 Å². The van der Waals surface area contributed by atoms with Gasteiger partial charge in [0.05, 0.1) is 7.06 Å². The van der Waals surface area contributed by atoms with Gasteiger partial charge in [-0.2, -0.15) is 4.73 Å². The van der Waals surface area contributed by atoms with Crippen molar-refractivity contribution in [1.29, 1.82) is 0 Å². The maximum Gasteiger partial charge on any atom is 0.283 e. The predicted octanol–water partition coefficient (Wildman–Crippen LogP) is 2.60. The third-order valence-corrected chi connectivity index (χ3v) is 3.19. The molecule has 0 unspecified atom stereocenters. The molecule has 1 saturated carbocycles. The van der Waals surface area contributed by atoms with Gasteiger partial charge in [0.1, 0.15) is 6.67 Å². The number of hydrogen-bond donors (Lipinski definition) is 1. The lowest BCUT2D eigenvalue weighted by molar-refractivity contribution is 0.156. The highest BCUT2D eigenvalue weighted by molar-refractivity contribution is 5.20. The Morgan fingerprint density at radius 1 is 1.50 bits per heavy atom. The van der Waals surface area contributed by atoms with Crippen molar-refractivity contribution in [3.05, 3.63) is 33.7 Å².